The number of carboxylic acid groups (broad SMARTS) is 1. The van der Waals surface area contributed by atoms with Crippen LogP contribution in [0.5, 0.6) is 0 Å². The summed E-state index contributed by atoms with van der Waals surface area (Å²) >= 11 is 0. The lowest BCUT2D eigenvalue weighted by molar-refractivity contribution is 0.0697. The van der Waals surface area contributed by atoms with Crippen molar-refractivity contribution in [1.82, 2.24) is 14.5 Å². The maximum atomic E-state index is 11.1. The number of hydrogen-bond acceptors (Lipinski definition) is 4. The first-order chi connectivity index (χ1) is 13.6. The Labute approximate surface area is 162 Å². The Morgan fingerprint density at radius 1 is 1.11 bits per heavy atom. The van der Waals surface area contributed by atoms with Gasteiger partial charge in [0.15, 0.2) is 5.82 Å². The van der Waals surface area contributed by atoms with E-state index in [1.807, 2.05) is 36.4 Å². The molecule has 6 nitrogen and oxygen atoms in total. The lowest BCUT2D eigenvalue weighted by atomic mass is 10.1. The van der Waals surface area contributed by atoms with Crippen molar-refractivity contribution in [2.75, 3.05) is 5.73 Å². The molecule has 2 heterocycles. The first kappa shape index (κ1) is 18.0. The molecule has 28 heavy (non-hydrogen) atoms. The fourth-order valence-electron chi connectivity index (χ4n) is 3.54. The highest BCUT2D eigenvalue weighted by Gasteiger charge is 2.17. The van der Waals surface area contributed by atoms with Gasteiger partial charge in [0.25, 0.3) is 0 Å². The number of nitrogens with zero attached hydrogens (tertiary/aromatic N) is 3. The molecule has 0 spiro atoms. The summed E-state index contributed by atoms with van der Waals surface area (Å²) in [7, 11) is 0. The number of imidazole rings is 1. The molecule has 4 rings (SSSR count). The van der Waals surface area contributed by atoms with E-state index in [1.54, 1.807) is 12.1 Å². The first-order valence-electron chi connectivity index (χ1n) is 9.44. The summed E-state index contributed by atoms with van der Waals surface area (Å²) in [5.41, 5.74) is 10.1. The molecule has 3 N–H and O–H groups in total. The van der Waals surface area contributed by atoms with Gasteiger partial charge >= 0.3 is 5.97 Å². The standard InChI is InChI=1S/C22H22N4O2/c1-2-3-8-18-25-19-20(16-6-4-5-7-17(16)24-21(19)23)26(18)13-14-9-11-15(12-10-14)22(27)28/h4-7,9-12H,2-3,8,13H2,1H3,(H2,23,24)(H,27,28). The lowest BCUT2D eigenvalue weighted by Gasteiger charge is -2.11. The number of nitrogen functional groups attached to an aromatic ring is 1. The number of aromatic nitrogens is 3. The van der Waals surface area contributed by atoms with Gasteiger partial charge in [-0.1, -0.05) is 43.7 Å². The largest absolute Gasteiger partial charge is 0.478 e. The molecule has 2 aromatic carbocycles. The molecule has 0 saturated carbocycles. The second kappa shape index (κ2) is 7.31. The summed E-state index contributed by atoms with van der Waals surface area (Å²) in [5, 5.41) is 10.1. The highest BCUT2D eigenvalue weighted by Crippen LogP contribution is 2.30. The van der Waals surface area contributed by atoms with Gasteiger partial charge in [0, 0.05) is 18.4 Å². The minimum absolute atomic E-state index is 0.282. The van der Waals surface area contributed by atoms with Crippen LogP contribution in [0.3, 0.4) is 0 Å². The van der Waals surface area contributed by atoms with E-state index in [9.17, 15) is 4.79 Å². The Morgan fingerprint density at radius 3 is 2.57 bits per heavy atom. The fraction of sp³-hybridized carbons (Fsp3) is 0.227. The van der Waals surface area contributed by atoms with E-state index in [1.165, 1.54) is 0 Å². The Kier molecular flexibility index (Phi) is 4.69. The van der Waals surface area contributed by atoms with Gasteiger partial charge in [0.2, 0.25) is 0 Å². The van der Waals surface area contributed by atoms with Crippen LogP contribution in [0, 0.1) is 0 Å². The molecule has 0 unspecified atom stereocenters. The minimum atomic E-state index is -0.923. The first-order valence-corrected chi connectivity index (χ1v) is 9.44. The third-order valence-electron chi connectivity index (χ3n) is 4.98. The van der Waals surface area contributed by atoms with Crippen LogP contribution in [0.15, 0.2) is 48.5 Å². The molecular weight excluding hydrogens is 352 g/mol. The van der Waals surface area contributed by atoms with Crippen molar-refractivity contribution in [3.05, 3.63) is 65.5 Å². The molecule has 142 valence electrons. The van der Waals surface area contributed by atoms with Gasteiger partial charge in [-0.3, -0.25) is 0 Å². The second-order valence-corrected chi connectivity index (χ2v) is 6.93. The molecule has 0 aliphatic carbocycles. The van der Waals surface area contributed by atoms with Gasteiger partial charge in [-0.25, -0.2) is 14.8 Å². The predicted octanol–water partition coefficient (Wildman–Crippen LogP) is 4.26. The number of aryl methyl sites for hydroxylation is 1. The molecule has 0 aliphatic rings. The van der Waals surface area contributed by atoms with Crippen LogP contribution in [-0.4, -0.2) is 25.6 Å². The number of carbonyl (C=O) groups is 1. The van der Waals surface area contributed by atoms with Gasteiger partial charge in [0.1, 0.15) is 11.3 Å². The van der Waals surface area contributed by atoms with Crippen LogP contribution in [-0.2, 0) is 13.0 Å². The zero-order chi connectivity index (χ0) is 19.7. The minimum Gasteiger partial charge on any atom is -0.478 e. The number of nitrogens with two attached hydrogens (primary N) is 1. The van der Waals surface area contributed by atoms with Crippen LogP contribution < -0.4 is 5.73 Å². The summed E-state index contributed by atoms with van der Waals surface area (Å²) in [4.78, 5) is 20.5. The van der Waals surface area contributed by atoms with Crippen LogP contribution in [0.2, 0.25) is 0 Å². The number of anilines is 1. The monoisotopic (exact) mass is 374 g/mol. The number of fused-ring (bicyclic) bond motifs is 3. The van der Waals surface area contributed by atoms with Crippen LogP contribution in [0.25, 0.3) is 21.9 Å². The van der Waals surface area contributed by atoms with Crippen molar-refractivity contribution in [3.63, 3.8) is 0 Å². The fourth-order valence-corrected chi connectivity index (χ4v) is 3.54. The Morgan fingerprint density at radius 2 is 1.86 bits per heavy atom. The summed E-state index contributed by atoms with van der Waals surface area (Å²) in [6, 6.07) is 14.9. The number of unbranched alkanes of at least 4 members (excludes halogenated alkanes) is 1. The van der Waals surface area contributed by atoms with Crippen molar-refractivity contribution in [2.24, 2.45) is 0 Å². The lowest BCUT2D eigenvalue weighted by Crippen LogP contribution is -2.06. The van der Waals surface area contributed by atoms with E-state index < -0.39 is 5.97 Å². The van der Waals surface area contributed by atoms with Crippen LogP contribution in [0.4, 0.5) is 5.82 Å². The molecule has 0 saturated heterocycles. The molecule has 6 heteroatoms. The number of aromatic carboxylic acids is 1. The number of rotatable bonds is 6. The molecule has 4 aromatic rings. The quantitative estimate of drug-likeness (QED) is 0.526. The predicted molar refractivity (Wildman–Crippen MR) is 111 cm³/mol. The van der Waals surface area contributed by atoms with Crippen molar-refractivity contribution >= 4 is 33.7 Å². The molecule has 0 aliphatic heterocycles. The number of para-hydroxylation sites is 1. The number of benzene rings is 2. The summed E-state index contributed by atoms with van der Waals surface area (Å²) in [5.74, 6) is 0.489. The topological polar surface area (TPSA) is 94.0 Å². The zero-order valence-corrected chi connectivity index (χ0v) is 15.7. The van der Waals surface area contributed by atoms with E-state index in [2.05, 4.69) is 16.5 Å². The molecule has 0 fully saturated rings. The van der Waals surface area contributed by atoms with E-state index in [0.717, 1.165) is 52.6 Å². The number of hydrogen-bond donors (Lipinski definition) is 2. The van der Waals surface area contributed by atoms with E-state index >= 15 is 0 Å². The molecule has 0 amide bonds. The summed E-state index contributed by atoms with van der Waals surface area (Å²) < 4.78 is 2.20. The van der Waals surface area contributed by atoms with E-state index in [-0.39, 0.29) is 5.56 Å². The molecule has 0 radical (unpaired) electrons. The number of pyridine rings is 1. The number of carboxylic acids is 1. The average molecular weight is 374 g/mol. The molecule has 0 atom stereocenters. The normalized spacial score (nSPS) is 11.3. The van der Waals surface area contributed by atoms with Crippen molar-refractivity contribution in [2.45, 2.75) is 32.7 Å². The third kappa shape index (κ3) is 3.17. The van der Waals surface area contributed by atoms with Gasteiger partial charge in [0.05, 0.1) is 16.6 Å². The smallest absolute Gasteiger partial charge is 0.335 e. The average Bonchev–Trinajstić information content (AvgIpc) is 3.06. The molecule has 2 aromatic heterocycles. The maximum Gasteiger partial charge on any atom is 0.335 e. The maximum absolute atomic E-state index is 11.1. The van der Waals surface area contributed by atoms with Crippen LogP contribution in [0.1, 0.15) is 41.5 Å². The summed E-state index contributed by atoms with van der Waals surface area (Å²) in [6.45, 7) is 2.76. The Balaban J connectivity index is 1.89. The highest BCUT2D eigenvalue weighted by molar-refractivity contribution is 6.06. The van der Waals surface area contributed by atoms with E-state index in [4.69, 9.17) is 15.8 Å². The van der Waals surface area contributed by atoms with Crippen molar-refractivity contribution < 1.29 is 9.90 Å². The van der Waals surface area contributed by atoms with Gasteiger partial charge in [-0.15, -0.1) is 0 Å². The summed E-state index contributed by atoms with van der Waals surface area (Å²) in [6.07, 6.45) is 2.96. The molecular formula is C22H22N4O2. The van der Waals surface area contributed by atoms with E-state index in [0.29, 0.717) is 12.4 Å². The van der Waals surface area contributed by atoms with Crippen molar-refractivity contribution in [3.8, 4) is 0 Å². The zero-order valence-electron chi connectivity index (χ0n) is 15.7. The van der Waals surface area contributed by atoms with Crippen molar-refractivity contribution in [1.29, 1.82) is 0 Å². The SMILES string of the molecule is CCCCc1nc2c(N)nc3ccccc3c2n1Cc1ccc(C(=O)O)cc1. The Hall–Kier alpha value is -3.41. The second-order valence-electron chi connectivity index (χ2n) is 6.93. The highest BCUT2D eigenvalue weighted by atomic mass is 16.4. The van der Waals surface area contributed by atoms with Crippen LogP contribution >= 0.6 is 0 Å². The molecule has 0 bridgehead atoms. The van der Waals surface area contributed by atoms with Gasteiger partial charge in [-0.2, -0.15) is 0 Å². The Bertz CT molecular complexity index is 1160. The van der Waals surface area contributed by atoms with Gasteiger partial charge in [-0.05, 0) is 30.2 Å². The van der Waals surface area contributed by atoms with Gasteiger partial charge < -0.3 is 15.4 Å². The third-order valence-corrected chi connectivity index (χ3v) is 4.98.